The summed E-state index contributed by atoms with van der Waals surface area (Å²) in [5.74, 6) is -1.25. The summed E-state index contributed by atoms with van der Waals surface area (Å²) in [7, 11) is 0. The number of Topliss-reactive ketones (excluding diaryl/α,β-unsaturated/α-hetero) is 1. The van der Waals surface area contributed by atoms with Crippen molar-refractivity contribution in [1.29, 1.82) is 0 Å². The third-order valence-electron chi connectivity index (χ3n) is 6.10. The second-order valence-corrected chi connectivity index (χ2v) is 9.19. The van der Waals surface area contributed by atoms with Crippen molar-refractivity contribution in [2.24, 2.45) is 16.3 Å². The molecule has 0 bridgehead atoms. The number of hydrogen-bond acceptors (Lipinski definition) is 5. The van der Waals surface area contributed by atoms with Crippen LogP contribution < -0.4 is 0 Å². The number of carbonyl (C=O) groups excluding carboxylic acids is 2. The molecule has 1 aliphatic carbocycles. The predicted octanol–water partition coefficient (Wildman–Crippen LogP) is 4.69. The first-order valence-corrected chi connectivity index (χ1v) is 10.8. The van der Waals surface area contributed by atoms with Gasteiger partial charge >= 0.3 is 5.97 Å². The van der Waals surface area contributed by atoms with Gasteiger partial charge in [0.05, 0.1) is 6.61 Å². The van der Waals surface area contributed by atoms with Crippen LogP contribution in [-0.4, -0.2) is 29.1 Å². The second kappa shape index (κ2) is 8.58. The number of hydrogen-bond donors (Lipinski definition) is 0. The average molecular weight is 417 g/mol. The quantitative estimate of drug-likeness (QED) is 0.664. The minimum Gasteiger partial charge on any atom is -0.465 e. The molecular weight excluding hydrogens is 388 g/mol. The zero-order valence-electron chi connectivity index (χ0n) is 18.3. The van der Waals surface area contributed by atoms with Crippen LogP contribution in [0, 0.1) is 11.3 Å². The molecule has 5 heteroatoms. The van der Waals surface area contributed by atoms with Gasteiger partial charge in [0.1, 0.15) is 5.92 Å². The lowest BCUT2D eigenvalue weighted by molar-refractivity contribution is -0.146. The van der Waals surface area contributed by atoms with Gasteiger partial charge in [0.25, 0.3) is 0 Å². The predicted molar refractivity (Wildman–Crippen MR) is 120 cm³/mol. The highest BCUT2D eigenvalue weighted by Crippen LogP contribution is 2.47. The first-order valence-electron chi connectivity index (χ1n) is 10.8. The van der Waals surface area contributed by atoms with Gasteiger partial charge < -0.3 is 4.74 Å². The van der Waals surface area contributed by atoms with E-state index in [1.165, 1.54) is 0 Å². The highest BCUT2D eigenvalue weighted by Gasteiger charge is 2.45. The molecule has 1 aromatic carbocycles. The van der Waals surface area contributed by atoms with E-state index in [0.29, 0.717) is 30.7 Å². The van der Waals surface area contributed by atoms with Gasteiger partial charge in [0, 0.05) is 48.1 Å². The molecule has 0 saturated heterocycles. The van der Waals surface area contributed by atoms with Gasteiger partial charge in [-0.05, 0) is 42.0 Å². The van der Waals surface area contributed by atoms with Crippen LogP contribution in [0.25, 0.3) is 0 Å². The van der Waals surface area contributed by atoms with Crippen molar-refractivity contribution in [3.05, 3.63) is 77.3 Å². The third-order valence-corrected chi connectivity index (χ3v) is 6.10. The Kier molecular flexibility index (Phi) is 5.86. The van der Waals surface area contributed by atoms with Crippen molar-refractivity contribution >= 4 is 17.5 Å². The molecule has 0 amide bonds. The number of pyridine rings is 1. The van der Waals surface area contributed by atoms with Crippen molar-refractivity contribution in [3.8, 4) is 0 Å². The number of esters is 1. The van der Waals surface area contributed by atoms with Crippen molar-refractivity contribution in [1.82, 2.24) is 4.98 Å². The lowest BCUT2D eigenvalue weighted by Gasteiger charge is -2.38. The molecule has 0 fully saturated rings. The number of ether oxygens (including phenoxy) is 1. The number of allylic oxidation sites excluding steroid dienone is 2. The smallest absolute Gasteiger partial charge is 0.315 e. The van der Waals surface area contributed by atoms with Crippen LogP contribution in [0.5, 0.6) is 0 Å². The lowest BCUT2D eigenvalue weighted by atomic mass is 9.67. The fourth-order valence-corrected chi connectivity index (χ4v) is 4.69. The first kappa shape index (κ1) is 21.2. The highest BCUT2D eigenvalue weighted by atomic mass is 16.5. The molecule has 0 spiro atoms. The molecule has 4 rings (SSSR count). The molecule has 1 aromatic heterocycles. The SMILES string of the molecule is CC1=NC2=C(C(=O)CC(C)(C)C2)[C@@H](c2ccncc2)C1C(=O)OCCc1ccccc1. The largest absolute Gasteiger partial charge is 0.465 e. The number of nitrogens with zero attached hydrogens (tertiary/aromatic N) is 2. The van der Waals surface area contributed by atoms with Gasteiger partial charge in [0.2, 0.25) is 0 Å². The fourth-order valence-electron chi connectivity index (χ4n) is 4.69. The number of benzene rings is 1. The minimum absolute atomic E-state index is 0.0754. The Labute approximate surface area is 183 Å². The van der Waals surface area contributed by atoms with Gasteiger partial charge in [0.15, 0.2) is 5.78 Å². The van der Waals surface area contributed by atoms with E-state index < -0.39 is 5.92 Å². The summed E-state index contributed by atoms with van der Waals surface area (Å²) in [6.07, 6.45) is 5.23. The van der Waals surface area contributed by atoms with Crippen LogP contribution in [0.3, 0.4) is 0 Å². The lowest BCUT2D eigenvalue weighted by Crippen LogP contribution is -2.39. The summed E-state index contributed by atoms with van der Waals surface area (Å²) in [5, 5.41) is 0. The van der Waals surface area contributed by atoms with Crippen LogP contribution in [0.2, 0.25) is 0 Å². The fraction of sp³-hybridized carbons (Fsp3) is 0.385. The van der Waals surface area contributed by atoms with Crippen molar-refractivity contribution < 1.29 is 14.3 Å². The molecule has 0 N–H and O–H groups in total. The Balaban J connectivity index is 1.63. The van der Waals surface area contributed by atoms with E-state index in [9.17, 15) is 9.59 Å². The Morgan fingerprint density at radius 2 is 1.81 bits per heavy atom. The highest BCUT2D eigenvalue weighted by molar-refractivity contribution is 6.09. The van der Waals surface area contributed by atoms with Crippen LogP contribution >= 0.6 is 0 Å². The topological polar surface area (TPSA) is 68.6 Å². The summed E-state index contributed by atoms with van der Waals surface area (Å²) >= 11 is 0. The number of rotatable bonds is 5. The van der Waals surface area contributed by atoms with Gasteiger partial charge in [-0.1, -0.05) is 44.2 Å². The zero-order chi connectivity index (χ0) is 22.0. The minimum atomic E-state index is -0.609. The molecule has 5 nitrogen and oxygen atoms in total. The number of aliphatic imine (C=N–C) groups is 1. The molecule has 160 valence electrons. The van der Waals surface area contributed by atoms with E-state index in [-0.39, 0.29) is 23.1 Å². The summed E-state index contributed by atoms with van der Waals surface area (Å²) in [5.41, 5.74) is 4.07. The average Bonchev–Trinajstić information content (AvgIpc) is 2.73. The molecule has 1 unspecified atom stereocenters. The molecule has 31 heavy (non-hydrogen) atoms. The number of aromatic nitrogens is 1. The normalized spacial score (nSPS) is 22.5. The standard InChI is InChI=1S/C26H28N2O3/c1-17-22(25(30)31-14-11-18-7-5-4-6-8-18)23(19-9-12-27-13-10-19)24-20(28-17)15-26(2,3)16-21(24)29/h4-10,12-13,22-23H,11,14-16H2,1-3H3/t22?,23-/m0/s1. The Morgan fingerprint density at radius 3 is 2.52 bits per heavy atom. The summed E-state index contributed by atoms with van der Waals surface area (Å²) in [6, 6.07) is 13.7. The monoisotopic (exact) mass is 416 g/mol. The maximum Gasteiger partial charge on any atom is 0.315 e. The molecule has 2 aliphatic rings. The maximum absolute atomic E-state index is 13.2. The molecule has 2 aromatic rings. The van der Waals surface area contributed by atoms with Gasteiger partial charge in [-0.15, -0.1) is 0 Å². The van der Waals surface area contributed by atoms with E-state index >= 15 is 0 Å². The molecule has 1 aliphatic heterocycles. The first-order chi connectivity index (χ1) is 14.9. The van der Waals surface area contributed by atoms with Crippen molar-refractivity contribution in [2.75, 3.05) is 6.61 Å². The third kappa shape index (κ3) is 4.50. The summed E-state index contributed by atoms with van der Waals surface area (Å²) < 4.78 is 5.69. The maximum atomic E-state index is 13.2. The van der Waals surface area contributed by atoms with Crippen LogP contribution in [-0.2, 0) is 20.7 Å². The van der Waals surface area contributed by atoms with Gasteiger partial charge in [-0.3, -0.25) is 19.6 Å². The van der Waals surface area contributed by atoms with Gasteiger partial charge in [-0.25, -0.2) is 0 Å². The van der Waals surface area contributed by atoms with Gasteiger partial charge in [-0.2, -0.15) is 0 Å². The molecule has 0 radical (unpaired) electrons. The molecule has 2 atom stereocenters. The summed E-state index contributed by atoms with van der Waals surface area (Å²) in [6.45, 7) is 6.34. The van der Waals surface area contributed by atoms with E-state index in [0.717, 1.165) is 23.2 Å². The Morgan fingerprint density at radius 1 is 1.10 bits per heavy atom. The molecule has 2 heterocycles. The van der Waals surface area contributed by atoms with Crippen LogP contribution in [0.4, 0.5) is 0 Å². The summed E-state index contributed by atoms with van der Waals surface area (Å²) in [4.78, 5) is 35.3. The van der Waals surface area contributed by atoms with Crippen LogP contribution in [0.1, 0.15) is 50.7 Å². The van der Waals surface area contributed by atoms with Crippen molar-refractivity contribution in [2.45, 2.75) is 46.0 Å². The van der Waals surface area contributed by atoms with E-state index in [1.54, 1.807) is 12.4 Å². The Hall–Kier alpha value is -3.08. The molecular formula is C26H28N2O3. The Bertz CT molecular complexity index is 1040. The molecule has 0 saturated carbocycles. The zero-order valence-corrected chi connectivity index (χ0v) is 18.3. The number of ketones is 1. The van der Waals surface area contributed by atoms with E-state index in [2.05, 4.69) is 18.8 Å². The van der Waals surface area contributed by atoms with E-state index in [1.807, 2.05) is 49.4 Å². The van der Waals surface area contributed by atoms with Crippen molar-refractivity contribution in [3.63, 3.8) is 0 Å². The van der Waals surface area contributed by atoms with E-state index in [4.69, 9.17) is 9.73 Å². The van der Waals surface area contributed by atoms with Crippen LogP contribution in [0.15, 0.2) is 71.1 Å². The number of carbonyl (C=O) groups is 2. The second-order valence-electron chi connectivity index (χ2n) is 9.19.